The number of hydrogen-bond acceptors (Lipinski definition) is 4. The maximum Gasteiger partial charge on any atom is 0.328 e. The zero-order valence-corrected chi connectivity index (χ0v) is 10.8. The second kappa shape index (κ2) is 5.00. The lowest BCUT2D eigenvalue weighted by Gasteiger charge is -2.35. The van der Waals surface area contributed by atoms with Gasteiger partial charge in [-0.1, -0.05) is 0 Å². The van der Waals surface area contributed by atoms with Gasteiger partial charge in [-0.25, -0.2) is 4.79 Å². The molecular formula is C12H17N3O4. The molecule has 1 aliphatic heterocycles. The number of rotatable bonds is 2. The fourth-order valence-electron chi connectivity index (χ4n) is 2.05. The van der Waals surface area contributed by atoms with Crippen LogP contribution in [0.5, 0.6) is 0 Å². The molecule has 0 saturated carbocycles. The highest BCUT2D eigenvalue weighted by molar-refractivity contribution is 5.76. The van der Waals surface area contributed by atoms with Crippen LogP contribution >= 0.6 is 0 Å². The molecule has 1 amide bonds. The van der Waals surface area contributed by atoms with E-state index in [1.54, 1.807) is 11.8 Å². The average Bonchev–Trinajstić information content (AvgIpc) is 2.32. The normalized spacial score (nSPS) is 18.3. The number of aromatic nitrogens is 2. The van der Waals surface area contributed by atoms with Crippen molar-refractivity contribution in [2.45, 2.75) is 31.9 Å². The largest absolute Gasteiger partial charge is 0.390 e. The number of hydrogen-bond donors (Lipinski definition) is 2. The standard InChI is InChI=1S/C12H17N3O4/c1-12(19)3-6-14(7-4-12)10(17)8-15-5-2-9(16)13-11(15)18/h2,5,19H,3-4,6-8H2,1H3,(H,13,16,18). The Labute approximate surface area is 109 Å². The van der Waals surface area contributed by atoms with E-state index in [1.807, 2.05) is 0 Å². The van der Waals surface area contributed by atoms with E-state index >= 15 is 0 Å². The Balaban J connectivity index is 2.02. The minimum atomic E-state index is -0.717. The van der Waals surface area contributed by atoms with Gasteiger partial charge in [-0.2, -0.15) is 0 Å². The molecule has 2 rings (SSSR count). The van der Waals surface area contributed by atoms with Gasteiger partial charge in [-0.05, 0) is 19.8 Å². The number of carbonyl (C=O) groups is 1. The van der Waals surface area contributed by atoms with E-state index in [0.29, 0.717) is 25.9 Å². The number of aromatic amines is 1. The summed E-state index contributed by atoms with van der Waals surface area (Å²) in [4.78, 5) is 38.1. The Morgan fingerprint density at radius 2 is 2.05 bits per heavy atom. The molecule has 2 heterocycles. The Morgan fingerprint density at radius 3 is 2.63 bits per heavy atom. The smallest absolute Gasteiger partial charge is 0.328 e. The third-order valence-corrected chi connectivity index (χ3v) is 3.40. The molecule has 1 saturated heterocycles. The first kappa shape index (κ1) is 13.5. The van der Waals surface area contributed by atoms with Gasteiger partial charge in [-0.3, -0.25) is 19.1 Å². The molecule has 2 N–H and O–H groups in total. The molecule has 0 atom stereocenters. The molecule has 1 aromatic rings. The molecule has 0 radical (unpaired) electrons. The molecular weight excluding hydrogens is 250 g/mol. The van der Waals surface area contributed by atoms with Gasteiger partial charge in [0.2, 0.25) is 5.91 Å². The van der Waals surface area contributed by atoms with Crippen LogP contribution in [0.15, 0.2) is 21.9 Å². The van der Waals surface area contributed by atoms with Crippen LogP contribution in [0.25, 0.3) is 0 Å². The molecule has 0 aromatic carbocycles. The number of carbonyl (C=O) groups excluding carboxylic acids is 1. The SMILES string of the molecule is CC1(O)CCN(C(=O)Cn2ccc(=O)[nH]c2=O)CC1. The lowest BCUT2D eigenvalue weighted by molar-refractivity contribution is -0.135. The van der Waals surface area contributed by atoms with Gasteiger partial charge < -0.3 is 10.0 Å². The molecule has 0 unspecified atom stereocenters. The van der Waals surface area contributed by atoms with Crippen LogP contribution < -0.4 is 11.2 Å². The van der Waals surface area contributed by atoms with Crippen molar-refractivity contribution in [2.24, 2.45) is 0 Å². The van der Waals surface area contributed by atoms with Crippen molar-refractivity contribution in [3.05, 3.63) is 33.1 Å². The topological polar surface area (TPSA) is 95.4 Å². The second-order valence-corrected chi connectivity index (χ2v) is 5.12. The Morgan fingerprint density at radius 1 is 1.42 bits per heavy atom. The maximum absolute atomic E-state index is 12.0. The van der Waals surface area contributed by atoms with Gasteiger partial charge in [0.05, 0.1) is 5.60 Å². The maximum atomic E-state index is 12.0. The molecule has 0 aliphatic carbocycles. The van der Waals surface area contributed by atoms with E-state index in [0.717, 1.165) is 4.57 Å². The molecule has 0 bridgehead atoms. The number of aliphatic hydroxyl groups is 1. The summed E-state index contributed by atoms with van der Waals surface area (Å²) in [6.07, 6.45) is 2.36. The zero-order chi connectivity index (χ0) is 14.0. The number of nitrogens with one attached hydrogen (secondary N) is 1. The average molecular weight is 267 g/mol. The Kier molecular flexibility index (Phi) is 3.57. The number of H-pyrrole nitrogens is 1. The zero-order valence-electron chi connectivity index (χ0n) is 10.8. The second-order valence-electron chi connectivity index (χ2n) is 5.12. The summed E-state index contributed by atoms with van der Waals surface area (Å²) in [5.74, 6) is -0.190. The van der Waals surface area contributed by atoms with Crippen molar-refractivity contribution in [3.63, 3.8) is 0 Å². The van der Waals surface area contributed by atoms with Crippen LogP contribution in [-0.2, 0) is 11.3 Å². The van der Waals surface area contributed by atoms with Gasteiger partial charge in [0.1, 0.15) is 6.54 Å². The van der Waals surface area contributed by atoms with Crippen molar-refractivity contribution in [3.8, 4) is 0 Å². The molecule has 1 aromatic heterocycles. The molecule has 1 fully saturated rings. The third-order valence-electron chi connectivity index (χ3n) is 3.40. The lowest BCUT2D eigenvalue weighted by Crippen LogP contribution is -2.47. The highest BCUT2D eigenvalue weighted by atomic mass is 16.3. The van der Waals surface area contributed by atoms with Crippen molar-refractivity contribution in [1.29, 1.82) is 0 Å². The van der Waals surface area contributed by atoms with Crippen LogP contribution in [0.4, 0.5) is 0 Å². The van der Waals surface area contributed by atoms with E-state index in [-0.39, 0.29) is 12.5 Å². The van der Waals surface area contributed by atoms with Crippen LogP contribution in [0.2, 0.25) is 0 Å². The van der Waals surface area contributed by atoms with E-state index in [2.05, 4.69) is 4.98 Å². The molecule has 0 spiro atoms. The van der Waals surface area contributed by atoms with Crippen LogP contribution in [0, 0.1) is 0 Å². The number of piperidine rings is 1. The summed E-state index contributed by atoms with van der Waals surface area (Å²) in [5, 5.41) is 9.81. The fraction of sp³-hybridized carbons (Fsp3) is 0.583. The van der Waals surface area contributed by atoms with Crippen molar-refractivity contribution in [2.75, 3.05) is 13.1 Å². The van der Waals surface area contributed by atoms with Crippen molar-refractivity contribution >= 4 is 5.91 Å². The molecule has 19 heavy (non-hydrogen) atoms. The summed E-state index contributed by atoms with van der Waals surface area (Å²) in [7, 11) is 0. The monoisotopic (exact) mass is 267 g/mol. The molecule has 1 aliphatic rings. The number of likely N-dealkylation sites (tertiary alicyclic amines) is 1. The van der Waals surface area contributed by atoms with Crippen LogP contribution in [0.1, 0.15) is 19.8 Å². The van der Waals surface area contributed by atoms with E-state index < -0.39 is 16.9 Å². The fourth-order valence-corrected chi connectivity index (χ4v) is 2.05. The lowest BCUT2D eigenvalue weighted by atomic mass is 9.94. The quantitative estimate of drug-likeness (QED) is 0.711. The van der Waals surface area contributed by atoms with Crippen molar-refractivity contribution < 1.29 is 9.90 Å². The van der Waals surface area contributed by atoms with Gasteiger partial charge in [0, 0.05) is 25.4 Å². The summed E-state index contributed by atoms with van der Waals surface area (Å²) < 4.78 is 1.16. The minimum absolute atomic E-state index is 0.0994. The van der Waals surface area contributed by atoms with Gasteiger partial charge in [0.25, 0.3) is 5.56 Å². The summed E-state index contributed by atoms with van der Waals surface area (Å²) >= 11 is 0. The predicted molar refractivity (Wildman–Crippen MR) is 67.8 cm³/mol. The third kappa shape index (κ3) is 3.31. The first-order chi connectivity index (χ1) is 8.87. The van der Waals surface area contributed by atoms with Gasteiger partial charge >= 0.3 is 5.69 Å². The van der Waals surface area contributed by atoms with E-state index in [1.165, 1.54) is 12.3 Å². The van der Waals surface area contributed by atoms with Crippen molar-refractivity contribution in [1.82, 2.24) is 14.5 Å². The van der Waals surface area contributed by atoms with E-state index in [4.69, 9.17) is 0 Å². The Hall–Kier alpha value is -1.89. The van der Waals surface area contributed by atoms with Crippen LogP contribution in [0.3, 0.4) is 0 Å². The first-order valence-electron chi connectivity index (χ1n) is 6.17. The molecule has 7 heteroatoms. The number of amides is 1. The molecule has 104 valence electrons. The van der Waals surface area contributed by atoms with Gasteiger partial charge in [0.15, 0.2) is 0 Å². The Bertz CT molecular complexity index is 577. The predicted octanol–water partition coefficient (Wildman–Crippen LogP) is -1.09. The van der Waals surface area contributed by atoms with Gasteiger partial charge in [-0.15, -0.1) is 0 Å². The number of nitrogens with zero attached hydrogens (tertiary/aromatic N) is 2. The highest BCUT2D eigenvalue weighted by Crippen LogP contribution is 2.21. The minimum Gasteiger partial charge on any atom is -0.390 e. The van der Waals surface area contributed by atoms with Crippen LogP contribution in [-0.4, -0.2) is 44.2 Å². The molecule has 7 nitrogen and oxygen atoms in total. The summed E-state index contributed by atoms with van der Waals surface area (Å²) in [6.45, 7) is 2.60. The summed E-state index contributed by atoms with van der Waals surface area (Å²) in [6, 6.07) is 1.20. The first-order valence-corrected chi connectivity index (χ1v) is 6.17. The summed E-state index contributed by atoms with van der Waals surface area (Å²) in [5.41, 5.74) is -1.79. The highest BCUT2D eigenvalue weighted by Gasteiger charge is 2.29. The van der Waals surface area contributed by atoms with E-state index in [9.17, 15) is 19.5 Å².